The molecule has 1 unspecified atom stereocenters. The Kier molecular flexibility index (Phi) is 5.75. The second kappa shape index (κ2) is 8.34. The Bertz CT molecular complexity index is 1120. The van der Waals surface area contributed by atoms with Gasteiger partial charge in [-0.1, -0.05) is 37.3 Å². The lowest BCUT2D eigenvalue weighted by molar-refractivity contribution is -0.133. The number of fused-ring (bicyclic) bond motifs is 1. The second-order valence-electron chi connectivity index (χ2n) is 8.04. The van der Waals surface area contributed by atoms with E-state index in [1.165, 1.54) is 11.0 Å². The number of likely N-dealkylation sites (tertiary alicyclic amines) is 1. The van der Waals surface area contributed by atoms with E-state index >= 15 is 0 Å². The first kappa shape index (κ1) is 21.4. The van der Waals surface area contributed by atoms with Crippen LogP contribution < -0.4 is 9.21 Å². The van der Waals surface area contributed by atoms with E-state index in [0.717, 1.165) is 30.0 Å². The summed E-state index contributed by atoms with van der Waals surface area (Å²) in [5.74, 6) is -0.154. The fraction of sp³-hybridized carbons (Fsp3) is 0.391. The summed E-state index contributed by atoms with van der Waals surface area (Å²) in [6, 6.07) is 12.6. The molecule has 0 aliphatic carbocycles. The number of benzene rings is 2. The maximum absolute atomic E-state index is 13.5. The third-order valence-corrected chi connectivity index (χ3v) is 7.86. The molecule has 1 atom stereocenters. The Morgan fingerprint density at radius 3 is 2.42 bits per heavy atom. The number of sulfonamides is 1. The number of rotatable bonds is 4. The van der Waals surface area contributed by atoms with Crippen molar-refractivity contribution in [1.82, 2.24) is 4.90 Å². The third-order valence-electron chi connectivity index (χ3n) is 6.13. The Labute approximate surface area is 183 Å². The maximum atomic E-state index is 13.5. The van der Waals surface area contributed by atoms with E-state index in [9.17, 15) is 18.0 Å². The smallest absolute Gasteiger partial charge is 0.338 e. The Hall–Kier alpha value is -2.87. The number of para-hydroxylation sites is 2. The van der Waals surface area contributed by atoms with Gasteiger partial charge in [-0.25, -0.2) is 13.2 Å². The fourth-order valence-corrected chi connectivity index (χ4v) is 6.13. The predicted octanol–water partition coefficient (Wildman–Crippen LogP) is 3.92. The van der Waals surface area contributed by atoms with Crippen molar-refractivity contribution < 1.29 is 18.0 Å². The molecule has 1 fully saturated rings. The summed E-state index contributed by atoms with van der Waals surface area (Å²) in [4.78, 5) is 29.9. The van der Waals surface area contributed by atoms with Crippen LogP contribution in [-0.4, -0.2) is 44.4 Å². The minimum Gasteiger partial charge on any atom is -0.338 e. The minimum atomic E-state index is -4.10. The number of carbonyl (C=O) groups is 2. The van der Waals surface area contributed by atoms with Crippen LogP contribution in [0.2, 0.25) is 0 Å². The van der Waals surface area contributed by atoms with E-state index < -0.39 is 16.1 Å². The molecule has 2 aromatic carbocycles. The molecule has 3 amide bonds. The molecule has 2 aromatic rings. The summed E-state index contributed by atoms with van der Waals surface area (Å²) in [6.45, 7) is 4.29. The van der Waals surface area contributed by atoms with Gasteiger partial charge in [-0.15, -0.1) is 0 Å². The van der Waals surface area contributed by atoms with Crippen LogP contribution in [0.4, 0.5) is 16.2 Å². The number of nitrogens with zero attached hydrogens (tertiary/aromatic N) is 3. The lowest BCUT2D eigenvalue weighted by Gasteiger charge is -2.39. The molecular formula is C23H27N3O4S. The van der Waals surface area contributed by atoms with Crippen molar-refractivity contribution in [1.29, 1.82) is 0 Å². The van der Waals surface area contributed by atoms with E-state index in [1.54, 1.807) is 49.4 Å². The van der Waals surface area contributed by atoms with Gasteiger partial charge in [0.15, 0.2) is 0 Å². The van der Waals surface area contributed by atoms with Gasteiger partial charge in [0.1, 0.15) is 11.4 Å². The largest absolute Gasteiger partial charge is 0.343 e. The summed E-state index contributed by atoms with van der Waals surface area (Å²) >= 11 is 0. The summed E-state index contributed by atoms with van der Waals surface area (Å²) in [7, 11) is -4.10. The molecule has 1 saturated heterocycles. The number of aryl methyl sites for hydroxylation is 1. The number of carbonyl (C=O) groups excluding carboxylic acids is 2. The number of hydrogen-bond acceptors (Lipinski definition) is 4. The first-order valence-corrected chi connectivity index (χ1v) is 12.1. The van der Waals surface area contributed by atoms with E-state index in [1.807, 2.05) is 4.90 Å². The molecule has 0 saturated carbocycles. The van der Waals surface area contributed by atoms with Gasteiger partial charge in [-0.05, 0) is 56.4 Å². The monoisotopic (exact) mass is 441 g/mol. The van der Waals surface area contributed by atoms with E-state index in [4.69, 9.17) is 0 Å². The van der Waals surface area contributed by atoms with E-state index in [-0.39, 0.29) is 29.1 Å². The van der Waals surface area contributed by atoms with Crippen molar-refractivity contribution in [2.24, 2.45) is 0 Å². The first-order chi connectivity index (χ1) is 14.9. The normalized spacial score (nSPS) is 20.5. The maximum Gasteiger partial charge on any atom is 0.343 e. The highest BCUT2D eigenvalue weighted by Gasteiger charge is 2.44. The number of hydrogen-bond donors (Lipinski definition) is 0. The van der Waals surface area contributed by atoms with Gasteiger partial charge in [0.25, 0.3) is 10.0 Å². The molecule has 4 rings (SSSR count). The van der Waals surface area contributed by atoms with Crippen molar-refractivity contribution in [3.05, 3.63) is 54.1 Å². The van der Waals surface area contributed by atoms with Crippen molar-refractivity contribution in [2.75, 3.05) is 22.3 Å². The van der Waals surface area contributed by atoms with Crippen LogP contribution in [0.25, 0.3) is 0 Å². The number of anilines is 2. The zero-order valence-electron chi connectivity index (χ0n) is 17.8. The van der Waals surface area contributed by atoms with Crippen LogP contribution in [0.5, 0.6) is 0 Å². The molecule has 0 radical (unpaired) electrons. The zero-order chi connectivity index (χ0) is 22.2. The third kappa shape index (κ3) is 3.69. The quantitative estimate of drug-likeness (QED) is 0.720. The Balaban J connectivity index is 1.76. The highest BCUT2D eigenvalue weighted by molar-refractivity contribution is 7.94. The molecule has 0 bridgehead atoms. The van der Waals surface area contributed by atoms with Gasteiger partial charge in [0.05, 0.1) is 11.4 Å². The molecule has 7 nitrogen and oxygen atoms in total. The van der Waals surface area contributed by atoms with Crippen molar-refractivity contribution in [3.63, 3.8) is 0 Å². The van der Waals surface area contributed by atoms with Gasteiger partial charge < -0.3 is 4.90 Å². The summed E-state index contributed by atoms with van der Waals surface area (Å²) in [5.41, 5.74) is 1.20. The molecule has 164 valence electrons. The van der Waals surface area contributed by atoms with Crippen LogP contribution in [0.1, 0.15) is 38.2 Å². The molecule has 2 aliphatic rings. The summed E-state index contributed by atoms with van der Waals surface area (Å²) in [6.07, 6.45) is 3.85. The average molecular weight is 442 g/mol. The number of urea groups is 1. The molecule has 0 spiro atoms. The van der Waals surface area contributed by atoms with Crippen LogP contribution >= 0.6 is 0 Å². The molecule has 2 aliphatic heterocycles. The van der Waals surface area contributed by atoms with Crippen molar-refractivity contribution >= 4 is 33.3 Å². The second-order valence-corrected chi connectivity index (χ2v) is 9.79. The van der Waals surface area contributed by atoms with Crippen LogP contribution in [0.15, 0.2) is 53.4 Å². The van der Waals surface area contributed by atoms with Crippen LogP contribution in [0.3, 0.4) is 0 Å². The van der Waals surface area contributed by atoms with Crippen LogP contribution in [0, 0.1) is 6.92 Å². The highest BCUT2D eigenvalue weighted by atomic mass is 32.2. The number of amides is 3. The minimum absolute atomic E-state index is 0.0244. The molecule has 0 aromatic heterocycles. The summed E-state index contributed by atoms with van der Waals surface area (Å²) < 4.78 is 27.6. The lowest BCUT2D eigenvalue weighted by atomic mass is 10.00. The summed E-state index contributed by atoms with van der Waals surface area (Å²) in [5, 5.41) is 0. The van der Waals surface area contributed by atoms with Gasteiger partial charge in [-0.3, -0.25) is 9.69 Å². The molecular weight excluding hydrogens is 414 g/mol. The average Bonchev–Trinajstić information content (AvgIpc) is 2.77. The lowest BCUT2D eigenvalue weighted by Crippen LogP contribution is -2.55. The van der Waals surface area contributed by atoms with Gasteiger partial charge in [0, 0.05) is 12.6 Å². The topological polar surface area (TPSA) is 78.0 Å². The predicted molar refractivity (Wildman–Crippen MR) is 120 cm³/mol. The van der Waals surface area contributed by atoms with Crippen molar-refractivity contribution in [2.45, 2.75) is 50.5 Å². The van der Waals surface area contributed by atoms with Crippen molar-refractivity contribution in [3.8, 4) is 0 Å². The Morgan fingerprint density at radius 1 is 1.03 bits per heavy atom. The zero-order valence-corrected chi connectivity index (χ0v) is 18.6. The van der Waals surface area contributed by atoms with Gasteiger partial charge >= 0.3 is 6.03 Å². The SMILES string of the molecule is CCC1CCCCN1C(=O)CN1C(=O)N(c2ccccc2C)S(=O)(=O)c2ccccc21. The fourth-order valence-electron chi connectivity index (χ4n) is 4.47. The van der Waals surface area contributed by atoms with Gasteiger partial charge in [0.2, 0.25) is 5.91 Å². The highest BCUT2D eigenvalue weighted by Crippen LogP contribution is 2.38. The molecule has 31 heavy (non-hydrogen) atoms. The van der Waals surface area contributed by atoms with E-state index in [0.29, 0.717) is 17.8 Å². The number of piperidine rings is 1. The molecule has 8 heteroatoms. The van der Waals surface area contributed by atoms with Gasteiger partial charge in [-0.2, -0.15) is 4.31 Å². The van der Waals surface area contributed by atoms with Crippen LogP contribution in [-0.2, 0) is 14.8 Å². The first-order valence-electron chi connectivity index (χ1n) is 10.7. The Morgan fingerprint density at radius 2 is 1.71 bits per heavy atom. The standard InChI is InChI=1S/C23H27N3O4S/c1-3-18-11-8-9-15-24(18)22(27)16-25-20-13-6-7-14-21(20)31(29,30)26(23(25)28)19-12-5-4-10-17(19)2/h4-7,10,12-14,18H,3,8-9,11,15-16H2,1-2H3. The molecule has 0 N–H and O–H groups in total. The molecule has 2 heterocycles. The van der Waals surface area contributed by atoms with E-state index in [2.05, 4.69) is 6.92 Å².